The van der Waals surface area contributed by atoms with Crippen LogP contribution in [0.2, 0.25) is 0 Å². The summed E-state index contributed by atoms with van der Waals surface area (Å²) in [6, 6.07) is 20.1. The Kier molecular flexibility index (Phi) is 5.02. The van der Waals surface area contributed by atoms with Crippen LogP contribution in [-0.2, 0) is 13.0 Å². The number of anilines is 1. The highest BCUT2D eigenvalue weighted by Crippen LogP contribution is 2.23. The smallest absolute Gasteiger partial charge is 0.272 e. The number of aryl methyl sites for hydroxylation is 4. The number of benzene rings is 2. The predicted octanol–water partition coefficient (Wildman–Crippen LogP) is 5.74. The normalized spacial score (nSPS) is 11.1. The zero-order chi connectivity index (χ0) is 19.5. The van der Waals surface area contributed by atoms with Crippen LogP contribution in [0.4, 0.5) is 5.69 Å². The average Bonchev–Trinajstić information content (AvgIpc) is 3.28. The molecule has 0 fully saturated rings. The van der Waals surface area contributed by atoms with Gasteiger partial charge in [0.25, 0.3) is 5.91 Å². The summed E-state index contributed by atoms with van der Waals surface area (Å²) in [5.41, 5.74) is 6.80. The molecule has 4 rings (SSSR count). The maximum atomic E-state index is 13.0. The Morgan fingerprint density at radius 1 is 1.00 bits per heavy atom. The van der Waals surface area contributed by atoms with Gasteiger partial charge in [0.05, 0.1) is 11.8 Å². The topological polar surface area (TPSA) is 47.2 Å². The van der Waals surface area contributed by atoms with Crippen molar-refractivity contribution in [3.8, 4) is 0 Å². The first-order chi connectivity index (χ1) is 13.6. The van der Waals surface area contributed by atoms with E-state index in [1.807, 2.05) is 43.3 Å². The summed E-state index contributed by atoms with van der Waals surface area (Å²) in [5, 5.41) is 3.02. The van der Waals surface area contributed by atoms with Crippen LogP contribution in [0.15, 0.2) is 71.3 Å². The van der Waals surface area contributed by atoms with E-state index in [4.69, 9.17) is 4.42 Å². The van der Waals surface area contributed by atoms with Crippen LogP contribution in [0.5, 0.6) is 0 Å². The minimum absolute atomic E-state index is 0.116. The van der Waals surface area contributed by atoms with Gasteiger partial charge in [0.15, 0.2) is 5.58 Å². The Labute approximate surface area is 164 Å². The van der Waals surface area contributed by atoms with Crippen LogP contribution >= 0.6 is 0 Å². The number of hydrogen-bond acceptors (Lipinski definition) is 2. The van der Waals surface area contributed by atoms with E-state index in [2.05, 4.69) is 41.1 Å². The molecule has 0 bridgehead atoms. The van der Waals surface area contributed by atoms with Gasteiger partial charge >= 0.3 is 0 Å². The standard InChI is InChI=1S/C24H24N2O2/c1-17-10-11-20(15-18(17)2)25-24(27)22-16-23-21(12-14-28-23)26(22)13-6-9-19-7-4-3-5-8-19/h3-5,7-8,10-12,14-16H,6,9,13H2,1-2H3,(H,25,27). The highest BCUT2D eigenvalue weighted by atomic mass is 16.3. The number of fused-ring (bicyclic) bond motifs is 1. The van der Waals surface area contributed by atoms with Crippen LogP contribution in [-0.4, -0.2) is 10.5 Å². The number of nitrogens with zero attached hydrogens (tertiary/aromatic N) is 1. The van der Waals surface area contributed by atoms with Crippen molar-refractivity contribution >= 4 is 22.7 Å². The van der Waals surface area contributed by atoms with E-state index in [9.17, 15) is 4.79 Å². The molecule has 0 saturated heterocycles. The van der Waals surface area contributed by atoms with E-state index in [0.717, 1.165) is 41.7 Å². The van der Waals surface area contributed by atoms with Gasteiger partial charge in [-0.2, -0.15) is 0 Å². The molecule has 0 spiro atoms. The van der Waals surface area contributed by atoms with Gasteiger partial charge in [0, 0.05) is 24.4 Å². The molecule has 0 atom stereocenters. The summed E-state index contributed by atoms with van der Waals surface area (Å²) in [4.78, 5) is 13.0. The summed E-state index contributed by atoms with van der Waals surface area (Å²) in [6.07, 6.45) is 3.59. The zero-order valence-corrected chi connectivity index (χ0v) is 16.2. The van der Waals surface area contributed by atoms with Crippen molar-refractivity contribution in [3.63, 3.8) is 0 Å². The first-order valence-electron chi connectivity index (χ1n) is 9.61. The van der Waals surface area contributed by atoms with E-state index in [-0.39, 0.29) is 5.91 Å². The fourth-order valence-electron chi connectivity index (χ4n) is 3.51. The van der Waals surface area contributed by atoms with Crippen LogP contribution < -0.4 is 5.32 Å². The van der Waals surface area contributed by atoms with Gasteiger partial charge in [0.2, 0.25) is 0 Å². The lowest BCUT2D eigenvalue weighted by Crippen LogP contribution is -2.17. The van der Waals surface area contributed by atoms with Crippen LogP contribution in [0.25, 0.3) is 11.1 Å². The molecule has 0 aliphatic heterocycles. The molecule has 4 heteroatoms. The van der Waals surface area contributed by atoms with Crippen molar-refractivity contribution in [1.29, 1.82) is 0 Å². The van der Waals surface area contributed by atoms with E-state index < -0.39 is 0 Å². The number of nitrogens with one attached hydrogen (secondary N) is 1. The summed E-state index contributed by atoms with van der Waals surface area (Å²) in [5.74, 6) is -0.116. The number of rotatable bonds is 6. The molecule has 0 aliphatic rings. The lowest BCUT2D eigenvalue weighted by atomic mass is 10.1. The lowest BCUT2D eigenvalue weighted by molar-refractivity contribution is 0.101. The van der Waals surface area contributed by atoms with Gasteiger partial charge in [-0.1, -0.05) is 36.4 Å². The Hall–Kier alpha value is -3.27. The van der Waals surface area contributed by atoms with Gasteiger partial charge in [0.1, 0.15) is 5.69 Å². The van der Waals surface area contributed by atoms with Crippen molar-refractivity contribution in [1.82, 2.24) is 4.57 Å². The Bertz CT molecular complexity index is 1110. The van der Waals surface area contributed by atoms with E-state index in [1.165, 1.54) is 11.1 Å². The quantitative estimate of drug-likeness (QED) is 0.469. The minimum Gasteiger partial charge on any atom is -0.463 e. The third-order valence-corrected chi connectivity index (χ3v) is 5.21. The number of carbonyl (C=O) groups is 1. The molecule has 142 valence electrons. The first-order valence-corrected chi connectivity index (χ1v) is 9.61. The van der Waals surface area contributed by atoms with E-state index >= 15 is 0 Å². The minimum atomic E-state index is -0.116. The average molecular weight is 372 g/mol. The molecule has 4 nitrogen and oxygen atoms in total. The predicted molar refractivity (Wildman–Crippen MR) is 113 cm³/mol. The molecule has 0 radical (unpaired) electrons. The van der Waals surface area contributed by atoms with Gasteiger partial charge in [-0.25, -0.2) is 0 Å². The third kappa shape index (κ3) is 3.72. The van der Waals surface area contributed by atoms with E-state index in [1.54, 1.807) is 6.26 Å². The van der Waals surface area contributed by atoms with Crippen LogP contribution in [0.1, 0.15) is 33.6 Å². The summed E-state index contributed by atoms with van der Waals surface area (Å²) < 4.78 is 7.59. The molecule has 0 unspecified atom stereocenters. The number of amides is 1. The fraction of sp³-hybridized carbons (Fsp3) is 0.208. The van der Waals surface area contributed by atoms with Crippen molar-refractivity contribution in [2.75, 3.05) is 5.32 Å². The molecule has 1 amide bonds. The van der Waals surface area contributed by atoms with Gasteiger partial charge < -0.3 is 14.3 Å². The number of aromatic nitrogens is 1. The number of hydrogen-bond donors (Lipinski definition) is 1. The van der Waals surface area contributed by atoms with Crippen molar-refractivity contribution in [2.24, 2.45) is 0 Å². The van der Waals surface area contributed by atoms with Gasteiger partial charge in [-0.15, -0.1) is 0 Å². The molecule has 0 aliphatic carbocycles. The largest absolute Gasteiger partial charge is 0.463 e. The number of furan rings is 1. The van der Waals surface area contributed by atoms with Gasteiger partial charge in [-0.3, -0.25) is 4.79 Å². The van der Waals surface area contributed by atoms with Crippen molar-refractivity contribution in [2.45, 2.75) is 33.2 Å². The van der Waals surface area contributed by atoms with Crippen molar-refractivity contribution in [3.05, 3.63) is 89.3 Å². The highest BCUT2D eigenvalue weighted by Gasteiger charge is 2.17. The Morgan fingerprint density at radius 2 is 1.82 bits per heavy atom. The second kappa shape index (κ2) is 7.77. The van der Waals surface area contributed by atoms with E-state index in [0.29, 0.717) is 5.69 Å². The molecule has 2 aromatic heterocycles. The SMILES string of the molecule is Cc1ccc(NC(=O)c2cc3occc3n2CCCc2ccccc2)cc1C. The first kappa shape index (κ1) is 18.1. The summed E-state index contributed by atoms with van der Waals surface area (Å²) in [6.45, 7) is 4.87. The van der Waals surface area contributed by atoms with Gasteiger partial charge in [-0.05, 0) is 55.5 Å². The second-order valence-electron chi connectivity index (χ2n) is 7.19. The molecule has 4 aromatic rings. The Morgan fingerprint density at radius 3 is 2.61 bits per heavy atom. The third-order valence-electron chi connectivity index (χ3n) is 5.21. The monoisotopic (exact) mass is 372 g/mol. The zero-order valence-electron chi connectivity index (χ0n) is 16.2. The van der Waals surface area contributed by atoms with Crippen LogP contribution in [0, 0.1) is 13.8 Å². The molecule has 28 heavy (non-hydrogen) atoms. The van der Waals surface area contributed by atoms with Crippen molar-refractivity contribution < 1.29 is 9.21 Å². The second-order valence-corrected chi connectivity index (χ2v) is 7.19. The molecule has 2 aromatic carbocycles. The summed E-state index contributed by atoms with van der Waals surface area (Å²) in [7, 11) is 0. The van der Waals surface area contributed by atoms with Crippen LogP contribution in [0.3, 0.4) is 0 Å². The molecular formula is C24H24N2O2. The highest BCUT2D eigenvalue weighted by molar-refractivity contribution is 6.05. The number of carbonyl (C=O) groups excluding carboxylic acids is 1. The molecular weight excluding hydrogens is 348 g/mol. The Balaban J connectivity index is 1.54. The maximum absolute atomic E-state index is 13.0. The fourth-order valence-corrected chi connectivity index (χ4v) is 3.51. The molecule has 1 N–H and O–H groups in total. The maximum Gasteiger partial charge on any atom is 0.272 e. The summed E-state index contributed by atoms with van der Waals surface area (Å²) >= 11 is 0. The molecule has 0 saturated carbocycles. The molecule has 2 heterocycles. The lowest BCUT2D eigenvalue weighted by Gasteiger charge is -2.11.